The highest BCUT2D eigenvalue weighted by Crippen LogP contribution is 2.23. The number of carbonyl (C=O) groups excluding carboxylic acids is 2. The zero-order valence-corrected chi connectivity index (χ0v) is 13.3. The Labute approximate surface area is 127 Å². The lowest BCUT2D eigenvalue weighted by Gasteiger charge is -2.33. The number of carbonyl (C=O) groups is 2. The summed E-state index contributed by atoms with van der Waals surface area (Å²) in [6, 6.07) is 5.04. The van der Waals surface area contributed by atoms with Crippen LogP contribution in [0.2, 0.25) is 0 Å². The minimum atomic E-state index is -0.457. The fourth-order valence-electron chi connectivity index (χ4n) is 2.45. The van der Waals surface area contributed by atoms with E-state index in [2.05, 4.69) is 15.9 Å². The number of aryl methyl sites for hydroxylation is 1. The molecule has 1 heterocycles. The molecule has 20 heavy (non-hydrogen) atoms. The van der Waals surface area contributed by atoms with Gasteiger partial charge < -0.3 is 9.64 Å². The van der Waals surface area contributed by atoms with Gasteiger partial charge in [-0.2, -0.15) is 0 Å². The van der Waals surface area contributed by atoms with Crippen molar-refractivity contribution in [3.63, 3.8) is 0 Å². The third kappa shape index (κ3) is 3.03. The number of nitrogens with zero attached hydrogens (tertiary/aromatic N) is 1. The summed E-state index contributed by atoms with van der Waals surface area (Å²) >= 11 is 3.43. The highest BCUT2D eigenvalue weighted by molar-refractivity contribution is 9.10. The SMILES string of the molecule is COC(=O)C1CCCCN1C(=O)c1ccc(C)c(Br)c1. The molecule has 1 unspecified atom stereocenters. The molecule has 1 aromatic rings. The Balaban J connectivity index is 2.25. The first kappa shape index (κ1) is 15.0. The van der Waals surface area contributed by atoms with Crippen molar-refractivity contribution in [2.45, 2.75) is 32.2 Å². The Morgan fingerprint density at radius 1 is 1.35 bits per heavy atom. The molecule has 0 aliphatic carbocycles. The highest BCUT2D eigenvalue weighted by atomic mass is 79.9. The molecule has 1 aromatic carbocycles. The quantitative estimate of drug-likeness (QED) is 0.778. The molecule has 108 valence electrons. The molecule has 0 spiro atoms. The molecular weight excluding hydrogens is 322 g/mol. The van der Waals surface area contributed by atoms with Crippen LogP contribution in [-0.4, -0.2) is 36.5 Å². The molecule has 0 radical (unpaired) electrons. The highest BCUT2D eigenvalue weighted by Gasteiger charge is 2.33. The van der Waals surface area contributed by atoms with Crippen molar-refractivity contribution in [3.8, 4) is 0 Å². The number of benzene rings is 1. The first-order chi connectivity index (χ1) is 9.54. The first-order valence-corrected chi connectivity index (χ1v) is 7.49. The maximum absolute atomic E-state index is 12.6. The Hall–Kier alpha value is -1.36. The lowest BCUT2D eigenvalue weighted by Crippen LogP contribution is -2.48. The van der Waals surface area contributed by atoms with Crippen molar-refractivity contribution < 1.29 is 14.3 Å². The van der Waals surface area contributed by atoms with Gasteiger partial charge in [0, 0.05) is 16.6 Å². The summed E-state index contributed by atoms with van der Waals surface area (Å²) in [6.07, 6.45) is 2.54. The van der Waals surface area contributed by atoms with Gasteiger partial charge in [-0.05, 0) is 43.9 Å². The van der Waals surface area contributed by atoms with E-state index in [0.717, 1.165) is 22.9 Å². The first-order valence-electron chi connectivity index (χ1n) is 6.69. The summed E-state index contributed by atoms with van der Waals surface area (Å²) in [6.45, 7) is 2.57. The molecule has 5 heteroatoms. The predicted octanol–water partition coefficient (Wildman–Crippen LogP) is 2.93. The van der Waals surface area contributed by atoms with Gasteiger partial charge in [-0.15, -0.1) is 0 Å². The number of hydrogen-bond donors (Lipinski definition) is 0. The molecule has 1 fully saturated rings. The van der Waals surface area contributed by atoms with Gasteiger partial charge in [0.2, 0.25) is 0 Å². The molecule has 1 aliphatic heterocycles. The zero-order chi connectivity index (χ0) is 14.7. The lowest BCUT2D eigenvalue weighted by molar-refractivity contribution is -0.147. The van der Waals surface area contributed by atoms with E-state index in [0.29, 0.717) is 18.5 Å². The van der Waals surface area contributed by atoms with E-state index in [1.54, 1.807) is 17.0 Å². The summed E-state index contributed by atoms with van der Waals surface area (Å²) in [5.41, 5.74) is 1.67. The summed E-state index contributed by atoms with van der Waals surface area (Å²) in [7, 11) is 1.36. The van der Waals surface area contributed by atoms with E-state index < -0.39 is 6.04 Å². The van der Waals surface area contributed by atoms with E-state index in [1.165, 1.54) is 7.11 Å². The molecule has 0 bridgehead atoms. The topological polar surface area (TPSA) is 46.6 Å². The summed E-state index contributed by atoms with van der Waals surface area (Å²) in [5, 5.41) is 0. The maximum atomic E-state index is 12.6. The van der Waals surface area contributed by atoms with Gasteiger partial charge in [-0.1, -0.05) is 22.0 Å². The molecule has 0 aromatic heterocycles. The molecule has 1 saturated heterocycles. The number of ether oxygens (including phenoxy) is 1. The molecule has 0 N–H and O–H groups in total. The van der Waals surface area contributed by atoms with Gasteiger partial charge in [0.25, 0.3) is 5.91 Å². The number of rotatable bonds is 2. The molecule has 1 aliphatic rings. The smallest absolute Gasteiger partial charge is 0.328 e. The third-order valence-corrected chi connectivity index (χ3v) is 4.51. The van der Waals surface area contributed by atoms with Crippen LogP contribution in [0.15, 0.2) is 22.7 Å². The van der Waals surface area contributed by atoms with Crippen LogP contribution in [0.1, 0.15) is 35.2 Å². The van der Waals surface area contributed by atoms with Crippen molar-refractivity contribution in [1.82, 2.24) is 4.90 Å². The minimum Gasteiger partial charge on any atom is -0.467 e. The number of hydrogen-bond acceptors (Lipinski definition) is 3. The van der Waals surface area contributed by atoms with Crippen molar-refractivity contribution >= 4 is 27.8 Å². The molecule has 1 amide bonds. The zero-order valence-electron chi connectivity index (χ0n) is 11.7. The largest absolute Gasteiger partial charge is 0.467 e. The normalized spacial score (nSPS) is 18.8. The van der Waals surface area contributed by atoms with Crippen LogP contribution in [0.3, 0.4) is 0 Å². The van der Waals surface area contributed by atoms with Gasteiger partial charge in [0.15, 0.2) is 0 Å². The van der Waals surface area contributed by atoms with Crippen molar-refractivity contribution in [1.29, 1.82) is 0 Å². The maximum Gasteiger partial charge on any atom is 0.328 e. The molecule has 1 atom stereocenters. The summed E-state index contributed by atoms with van der Waals surface area (Å²) in [5.74, 6) is -0.440. The van der Waals surface area contributed by atoms with Crippen LogP contribution < -0.4 is 0 Å². The Morgan fingerprint density at radius 2 is 2.10 bits per heavy atom. The average molecular weight is 340 g/mol. The van der Waals surface area contributed by atoms with Crippen LogP contribution >= 0.6 is 15.9 Å². The summed E-state index contributed by atoms with van der Waals surface area (Å²) < 4.78 is 5.70. The standard InChI is InChI=1S/C15H18BrNO3/c1-10-6-7-11(9-12(10)16)14(18)17-8-4-3-5-13(17)15(19)20-2/h6-7,9,13H,3-5,8H2,1-2H3. The van der Waals surface area contributed by atoms with E-state index in [-0.39, 0.29) is 11.9 Å². The second-order valence-corrected chi connectivity index (χ2v) is 5.85. The van der Waals surface area contributed by atoms with Crippen LogP contribution in [0.25, 0.3) is 0 Å². The van der Waals surface area contributed by atoms with Crippen LogP contribution in [-0.2, 0) is 9.53 Å². The number of halogens is 1. The van der Waals surface area contributed by atoms with Gasteiger partial charge >= 0.3 is 5.97 Å². The van der Waals surface area contributed by atoms with E-state index >= 15 is 0 Å². The van der Waals surface area contributed by atoms with Crippen molar-refractivity contribution in [3.05, 3.63) is 33.8 Å². The van der Waals surface area contributed by atoms with Gasteiger partial charge in [-0.25, -0.2) is 4.79 Å². The number of likely N-dealkylation sites (tertiary alicyclic amines) is 1. The Morgan fingerprint density at radius 3 is 2.75 bits per heavy atom. The lowest BCUT2D eigenvalue weighted by atomic mass is 10.0. The second kappa shape index (κ2) is 6.39. The molecule has 4 nitrogen and oxygen atoms in total. The van der Waals surface area contributed by atoms with E-state index in [4.69, 9.17) is 4.74 Å². The fraction of sp³-hybridized carbons (Fsp3) is 0.467. The number of amides is 1. The monoisotopic (exact) mass is 339 g/mol. The Bertz CT molecular complexity index is 530. The second-order valence-electron chi connectivity index (χ2n) is 5.00. The number of methoxy groups -OCH3 is 1. The average Bonchev–Trinajstić information content (AvgIpc) is 2.48. The van der Waals surface area contributed by atoms with Crippen LogP contribution in [0.4, 0.5) is 0 Å². The van der Waals surface area contributed by atoms with E-state index in [9.17, 15) is 9.59 Å². The number of esters is 1. The Kier molecular flexibility index (Phi) is 4.81. The fourth-order valence-corrected chi connectivity index (χ4v) is 2.83. The van der Waals surface area contributed by atoms with Crippen molar-refractivity contribution in [2.75, 3.05) is 13.7 Å². The minimum absolute atomic E-state index is 0.110. The summed E-state index contributed by atoms with van der Waals surface area (Å²) in [4.78, 5) is 26.0. The predicted molar refractivity (Wildman–Crippen MR) is 79.6 cm³/mol. The van der Waals surface area contributed by atoms with Crippen LogP contribution in [0, 0.1) is 6.92 Å². The molecule has 2 rings (SSSR count). The van der Waals surface area contributed by atoms with Gasteiger partial charge in [0.1, 0.15) is 6.04 Å². The van der Waals surface area contributed by atoms with Gasteiger partial charge in [0.05, 0.1) is 7.11 Å². The van der Waals surface area contributed by atoms with Gasteiger partial charge in [-0.3, -0.25) is 4.79 Å². The number of piperidine rings is 1. The molecular formula is C15H18BrNO3. The van der Waals surface area contributed by atoms with Crippen molar-refractivity contribution in [2.24, 2.45) is 0 Å². The van der Waals surface area contributed by atoms with E-state index in [1.807, 2.05) is 13.0 Å². The molecule has 0 saturated carbocycles. The van der Waals surface area contributed by atoms with Crippen LogP contribution in [0.5, 0.6) is 0 Å². The third-order valence-electron chi connectivity index (χ3n) is 3.66.